The fourth-order valence-corrected chi connectivity index (χ4v) is 6.35. The Labute approximate surface area is 188 Å². The largest absolute Gasteiger partial charge is 0.338 e. The van der Waals surface area contributed by atoms with Gasteiger partial charge < -0.3 is 14.8 Å². The molecule has 1 atom stereocenters. The quantitative estimate of drug-likeness (QED) is 0.532. The van der Waals surface area contributed by atoms with Gasteiger partial charge in [0.25, 0.3) is 0 Å². The molecule has 2 amide bonds. The first-order valence-corrected chi connectivity index (χ1v) is 12.4. The third-order valence-corrected chi connectivity index (χ3v) is 7.89. The number of nitrogens with one attached hydrogen (secondary N) is 1. The lowest BCUT2D eigenvalue weighted by Crippen LogP contribution is -2.42. The maximum Gasteiger partial charge on any atom is 0.318 e. The van der Waals surface area contributed by atoms with Crippen molar-refractivity contribution >= 4 is 17.4 Å². The van der Waals surface area contributed by atoms with Crippen molar-refractivity contribution < 1.29 is 4.79 Å². The molecule has 0 bridgehead atoms. The van der Waals surface area contributed by atoms with Gasteiger partial charge in [-0.25, -0.2) is 4.79 Å². The summed E-state index contributed by atoms with van der Waals surface area (Å²) in [7, 11) is 0. The van der Waals surface area contributed by atoms with E-state index < -0.39 is 0 Å². The molecular weight excluding hydrogens is 402 g/mol. The molecule has 0 radical (unpaired) electrons. The van der Waals surface area contributed by atoms with E-state index in [1.165, 1.54) is 46.0 Å². The lowest BCUT2D eigenvalue weighted by Gasteiger charge is -2.31. The first-order valence-electron chi connectivity index (χ1n) is 11.5. The van der Waals surface area contributed by atoms with Crippen molar-refractivity contribution in [3.8, 4) is 5.00 Å². The zero-order valence-electron chi connectivity index (χ0n) is 18.4. The Morgan fingerprint density at radius 3 is 2.71 bits per heavy atom. The van der Waals surface area contributed by atoms with Crippen molar-refractivity contribution in [3.63, 3.8) is 0 Å². The van der Waals surface area contributed by atoms with Gasteiger partial charge in [0.2, 0.25) is 0 Å². The molecular formula is C26H31N3OS. The van der Waals surface area contributed by atoms with Gasteiger partial charge in [0.15, 0.2) is 0 Å². The van der Waals surface area contributed by atoms with Crippen LogP contribution in [0.5, 0.6) is 0 Å². The van der Waals surface area contributed by atoms with E-state index in [0.29, 0.717) is 19.0 Å². The van der Waals surface area contributed by atoms with Crippen LogP contribution in [0.25, 0.3) is 5.00 Å². The fraction of sp³-hybridized carbons (Fsp3) is 0.423. The van der Waals surface area contributed by atoms with Crippen molar-refractivity contribution in [1.82, 2.24) is 14.8 Å². The Bertz CT molecular complexity index is 1070. The van der Waals surface area contributed by atoms with E-state index in [-0.39, 0.29) is 12.1 Å². The lowest BCUT2D eigenvalue weighted by molar-refractivity contribution is 0.180. The first kappa shape index (κ1) is 20.4. The number of thiophene rings is 1. The van der Waals surface area contributed by atoms with Crippen molar-refractivity contribution in [1.29, 1.82) is 0 Å². The van der Waals surface area contributed by atoms with Crippen molar-refractivity contribution in [2.45, 2.75) is 58.5 Å². The van der Waals surface area contributed by atoms with Gasteiger partial charge >= 0.3 is 6.03 Å². The highest BCUT2D eigenvalue weighted by atomic mass is 32.1. The number of benzene rings is 1. The van der Waals surface area contributed by atoms with Crippen LogP contribution in [-0.2, 0) is 19.4 Å². The third kappa shape index (κ3) is 3.80. The average molecular weight is 434 g/mol. The molecule has 2 aliphatic rings. The molecule has 1 aliphatic heterocycles. The second-order valence-electron chi connectivity index (χ2n) is 9.15. The SMILES string of the molecule is CC(C)CCNC(=O)N1Cc2c(sc3c2CCCC3)-n2cccc2[C@H]1c1ccccc1. The molecule has 1 aromatic carbocycles. The minimum atomic E-state index is -0.103. The molecule has 2 aromatic heterocycles. The van der Waals surface area contributed by atoms with E-state index in [2.05, 4.69) is 71.2 Å². The minimum Gasteiger partial charge on any atom is -0.338 e. The molecule has 0 spiro atoms. The average Bonchev–Trinajstić information content (AvgIpc) is 3.36. The third-order valence-electron chi connectivity index (χ3n) is 6.55. The number of fused-ring (bicyclic) bond motifs is 5. The first-order chi connectivity index (χ1) is 15.1. The number of carbonyl (C=O) groups is 1. The second-order valence-corrected chi connectivity index (χ2v) is 10.2. The maximum atomic E-state index is 13.6. The van der Waals surface area contributed by atoms with Gasteiger partial charge in [-0.3, -0.25) is 0 Å². The number of rotatable bonds is 4. The number of hydrogen-bond donors (Lipinski definition) is 1. The summed E-state index contributed by atoms with van der Waals surface area (Å²) in [6, 6.07) is 14.7. The Kier molecular flexibility index (Phi) is 5.61. The molecule has 3 heterocycles. The Morgan fingerprint density at radius 1 is 1.10 bits per heavy atom. The van der Waals surface area contributed by atoms with E-state index in [4.69, 9.17) is 0 Å². The van der Waals surface area contributed by atoms with Crippen molar-refractivity contribution in [2.24, 2.45) is 5.92 Å². The predicted octanol–water partition coefficient (Wildman–Crippen LogP) is 6.08. The van der Waals surface area contributed by atoms with Crippen LogP contribution in [0.15, 0.2) is 48.7 Å². The zero-order chi connectivity index (χ0) is 21.4. The highest BCUT2D eigenvalue weighted by Gasteiger charge is 2.35. The highest BCUT2D eigenvalue weighted by Crippen LogP contribution is 2.43. The summed E-state index contributed by atoms with van der Waals surface area (Å²) >= 11 is 1.94. The lowest BCUT2D eigenvalue weighted by atomic mass is 9.95. The van der Waals surface area contributed by atoms with Crippen LogP contribution in [0.1, 0.15) is 66.4 Å². The van der Waals surface area contributed by atoms with Gasteiger partial charge in [-0.1, -0.05) is 44.2 Å². The predicted molar refractivity (Wildman–Crippen MR) is 127 cm³/mol. The van der Waals surface area contributed by atoms with Crippen molar-refractivity contribution in [3.05, 3.63) is 75.9 Å². The fourth-order valence-electron chi connectivity index (χ4n) is 4.94. The molecule has 5 rings (SSSR count). The van der Waals surface area contributed by atoms with Gasteiger partial charge in [0.05, 0.1) is 18.3 Å². The van der Waals surface area contributed by atoms with Crippen LogP contribution >= 0.6 is 11.3 Å². The number of aromatic nitrogens is 1. The monoisotopic (exact) mass is 433 g/mol. The van der Waals surface area contributed by atoms with Crippen LogP contribution < -0.4 is 5.32 Å². The van der Waals surface area contributed by atoms with E-state index in [0.717, 1.165) is 18.4 Å². The number of urea groups is 1. The topological polar surface area (TPSA) is 37.3 Å². The Balaban J connectivity index is 1.60. The van der Waals surface area contributed by atoms with Crippen LogP contribution in [0.3, 0.4) is 0 Å². The normalized spacial score (nSPS) is 17.6. The summed E-state index contributed by atoms with van der Waals surface area (Å²) in [4.78, 5) is 17.1. The number of hydrogen-bond acceptors (Lipinski definition) is 2. The van der Waals surface area contributed by atoms with Gasteiger partial charge in [-0.05, 0) is 61.3 Å². The van der Waals surface area contributed by atoms with E-state index >= 15 is 0 Å². The van der Waals surface area contributed by atoms with Gasteiger partial charge in [0.1, 0.15) is 5.00 Å². The van der Waals surface area contributed by atoms with Crippen LogP contribution in [0, 0.1) is 5.92 Å². The standard InChI is InChI=1S/C26H31N3OS/c1-18(2)14-15-27-26(30)29-17-21-20-11-6-7-13-23(20)31-25(21)28-16-8-12-22(28)24(29)19-9-4-3-5-10-19/h3-5,8-10,12,16,18,24H,6-7,11,13-15,17H2,1-2H3,(H,27,30)/t24-/m1/s1. The summed E-state index contributed by atoms with van der Waals surface area (Å²) in [5.74, 6) is 0.571. The van der Waals surface area contributed by atoms with Crippen LogP contribution in [0.4, 0.5) is 4.79 Å². The van der Waals surface area contributed by atoms with Gasteiger partial charge in [0, 0.05) is 23.2 Å². The van der Waals surface area contributed by atoms with E-state index in [9.17, 15) is 4.79 Å². The highest BCUT2D eigenvalue weighted by molar-refractivity contribution is 7.15. The van der Waals surface area contributed by atoms with E-state index in [1.54, 1.807) is 0 Å². The van der Waals surface area contributed by atoms with Crippen molar-refractivity contribution in [2.75, 3.05) is 6.54 Å². The summed E-state index contributed by atoms with van der Waals surface area (Å²) in [5.41, 5.74) is 5.18. The number of aryl methyl sites for hydroxylation is 1. The molecule has 162 valence electrons. The molecule has 31 heavy (non-hydrogen) atoms. The zero-order valence-corrected chi connectivity index (χ0v) is 19.3. The van der Waals surface area contributed by atoms with Crippen LogP contribution in [-0.4, -0.2) is 22.0 Å². The Morgan fingerprint density at radius 2 is 1.90 bits per heavy atom. The maximum absolute atomic E-state index is 13.6. The van der Waals surface area contributed by atoms with Gasteiger partial charge in [-0.2, -0.15) is 0 Å². The number of carbonyl (C=O) groups excluding carboxylic acids is 1. The van der Waals surface area contributed by atoms with Gasteiger partial charge in [-0.15, -0.1) is 11.3 Å². The molecule has 5 heteroatoms. The Hall–Kier alpha value is -2.53. The molecule has 3 aromatic rings. The molecule has 1 N–H and O–H groups in total. The molecule has 0 unspecified atom stereocenters. The molecule has 0 fully saturated rings. The molecule has 0 saturated heterocycles. The summed E-state index contributed by atoms with van der Waals surface area (Å²) in [6.07, 6.45) is 7.99. The number of nitrogens with zero attached hydrogens (tertiary/aromatic N) is 2. The summed E-state index contributed by atoms with van der Waals surface area (Å²) in [6.45, 7) is 5.77. The minimum absolute atomic E-state index is 0.0332. The molecule has 0 saturated carbocycles. The summed E-state index contributed by atoms with van der Waals surface area (Å²) in [5, 5.41) is 4.53. The number of amides is 2. The van der Waals surface area contributed by atoms with E-state index in [1.807, 2.05) is 17.4 Å². The summed E-state index contributed by atoms with van der Waals surface area (Å²) < 4.78 is 2.34. The second kappa shape index (κ2) is 8.54. The van der Waals surface area contributed by atoms with Crippen LogP contribution in [0.2, 0.25) is 0 Å². The molecule has 1 aliphatic carbocycles. The molecule has 4 nitrogen and oxygen atoms in total. The smallest absolute Gasteiger partial charge is 0.318 e.